The Balaban J connectivity index is 2.45. The summed E-state index contributed by atoms with van der Waals surface area (Å²) < 4.78 is 5.53. The van der Waals surface area contributed by atoms with E-state index in [4.69, 9.17) is 4.74 Å². The quantitative estimate of drug-likeness (QED) is 0.683. The smallest absolute Gasteiger partial charge is 0.311 e. The first kappa shape index (κ1) is 14.0. The second-order valence-electron chi connectivity index (χ2n) is 4.40. The van der Waals surface area contributed by atoms with Crippen LogP contribution in [0.5, 0.6) is 11.6 Å². The van der Waals surface area contributed by atoms with Crippen LogP contribution in [-0.2, 0) is 0 Å². The van der Waals surface area contributed by atoms with Crippen molar-refractivity contribution < 1.29 is 14.8 Å². The number of rotatable bonds is 4. The molecule has 2 aromatic rings. The highest BCUT2D eigenvalue weighted by atomic mass is 16.6. The minimum atomic E-state index is -0.775. The number of aliphatic hydroxyl groups is 1. The van der Waals surface area contributed by atoms with Gasteiger partial charge >= 0.3 is 5.69 Å². The van der Waals surface area contributed by atoms with Crippen LogP contribution in [0.3, 0.4) is 0 Å². The molecule has 1 aromatic carbocycles. The Kier molecular flexibility index (Phi) is 3.95. The van der Waals surface area contributed by atoms with Crippen LogP contribution in [0.25, 0.3) is 0 Å². The normalized spacial score (nSPS) is 11.9. The summed E-state index contributed by atoms with van der Waals surface area (Å²) in [5.74, 6) is 0.270. The van der Waals surface area contributed by atoms with Gasteiger partial charge in [0.2, 0.25) is 11.6 Å². The number of hydrogen-bond acceptors (Lipinski definition) is 5. The van der Waals surface area contributed by atoms with Crippen LogP contribution in [0.15, 0.2) is 36.5 Å². The molecule has 2 rings (SSSR count). The molecule has 0 aliphatic rings. The van der Waals surface area contributed by atoms with E-state index >= 15 is 0 Å². The zero-order chi connectivity index (χ0) is 14.7. The molecule has 0 spiro atoms. The molecule has 0 aliphatic carbocycles. The lowest BCUT2D eigenvalue weighted by atomic mass is 10.2. The van der Waals surface area contributed by atoms with E-state index in [-0.39, 0.29) is 17.3 Å². The summed E-state index contributed by atoms with van der Waals surface area (Å²) in [5.41, 5.74) is 1.17. The SMILES string of the molecule is Cc1ccc([N+](=O)[O-])c(Oc2ncccc2C(C)O)c1. The third kappa shape index (κ3) is 2.92. The fourth-order valence-electron chi connectivity index (χ4n) is 1.76. The van der Waals surface area contributed by atoms with Gasteiger partial charge in [-0.05, 0) is 37.6 Å². The largest absolute Gasteiger partial charge is 0.431 e. The first-order valence-corrected chi connectivity index (χ1v) is 6.05. The van der Waals surface area contributed by atoms with E-state index in [0.717, 1.165) is 5.56 Å². The van der Waals surface area contributed by atoms with Gasteiger partial charge in [-0.25, -0.2) is 4.98 Å². The van der Waals surface area contributed by atoms with Gasteiger partial charge in [0.05, 0.1) is 11.0 Å². The number of aromatic nitrogens is 1. The second kappa shape index (κ2) is 5.66. The number of pyridine rings is 1. The van der Waals surface area contributed by atoms with Crippen molar-refractivity contribution in [3.05, 3.63) is 57.8 Å². The van der Waals surface area contributed by atoms with Gasteiger partial charge in [0.15, 0.2) is 0 Å². The number of aliphatic hydroxyl groups excluding tert-OH is 1. The zero-order valence-corrected chi connectivity index (χ0v) is 11.1. The molecule has 20 heavy (non-hydrogen) atoms. The Hall–Kier alpha value is -2.47. The van der Waals surface area contributed by atoms with Gasteiger partial charge in [-0.2, -0.15) is 0 Å². The summed E-state index contributed by atoms with van der Waals surface area (Å²) >= 11 is 0. The van der Waals surface area contributed by atoms with Gasteiger partial charge in [0.1, 0.15) is 0 Å². The monoisotopic (exact) mass is 274 g/mol. The number of benzene rings is 1. The molecule has 1 N–H and O–H groups in total. The van der Waals surface area contributed by atoms with Gasteiger partial charge in [-0.15, -0.1) is 0 Å². The minimum Gasteiger partial charge on any atom is -0.431 e. The molecule has 6 nitrogen and oxygen atoms in total. The first-order chi connectivity index (χ1) is 9.49. The summed E-state index contributed by atoms with van der Waals surface area (Å²) in [6.07, 6.45) is 0.727. The summed E-state index contributed by atoms with van der Waals surface area (Å²) in [6, 6.07) is 7.92. The van der Waals surface area contributed by atoms with E-state index in [1.165, 1.54) is 12.3 Å². The topological polar surface area (TPSA) is 85.5 Å². The standard InChI is InChI=1S/C14H14N2O4/c1-9-5-6-12(16(18)19)13(8-9)20-14-11(10(2)17)4-3-7-15-14/h3-8,10,17H,1-2H3. The molecule has 1 unspecified atom stereocenters. The van der Waals surface area contributed by atoms with Gasteiger partial charge in [0, 0.05) is 17.8 Å². The van der Waals surface area contributed by atoms with Gasteiger partial charge < -0.3 is 9.84 Å². The Morgan fingerprint density at radius 2 is 2.15 bits per heavy atom. The Bertz CT molecular complexity index is 641. The van der Waals surface area contributed by atoms with Crippen LogP contribution < -0.4 is 4.74 Å². The highest BCUT2D eigenvalue weighted by Crippen LogP contribution is 2.34. The fraction of sp³-hybridized carbons (Fsp3) is 0.214. The molecule has 0 saturated carbocycles. The molecule has 0 aliphatic heterocycles. The number of nitro groups is 1. The lowest BCUT2D eigenvalue weighted by molar-refractivity contribution is -0.385. The van der Waals surface area contributed by atoms with E-state index in [1.807, 2.05) is 6.92 Å². The first-order valence-electron chi connectivity index (χ1n) is 6.05. The van der Waals surface area contributed by atoms with Crippen molar-refractivity contribution in [2.45, 2.75) is 20.0 Å². The average Bonchev–Trinajstić information content (AvgIpc) is 2.38. The van der Waals surface area contributed by atoms with E-state index in [2.05, 4.69) is 4.98 Å². The number of hydrogen-bond donors (Lipinski definition) is 1. The number of ether oxygens (including phenoxy) is 1. The van der Waals surface area contributed by atoms with Crippen molar-refractivity contribution in [1.82, 2.24) is 4.98 Å². The van der Waals surface area contributed by atoms with Crippen LogP contribution in [0.4, 0.5) is 5.69 Å². The predicted molar refractivity (Wildman–Crippen MR) is 72.8 cm³/mol. The molecule has 0 bridgehead atoms. The predicted octanol–water partition coefficient (Wildman–Crippen LogP) is 3.14. The molecular weight excluding hydrogens is 260 g/mol. The average molecular weight is 274 g/mol. The maximum atomic E-state index is 11.0. The lowest BCUT2D eigenvalue weighted by Crippen LogP contribution is -2.00. The van der Waals surface area contributed by atoms with Crippen molar-refractivity contribution in [3.63, 3.8) is 0 Å². The molecular formula is C14H14N2O4. The van der Waals surface area contributed by atoms with E-state index < -0.39 is 11.0 Å². The molecule has 0 saturated heterocycles. The minimum absolute atomic E-state index is 0.107. The molecule has 1 aromatic heterocycles. The summed E-state index contributed by atoms with van der Waals surface area (Å²) in [5, 5.41) is 20.7. The van der Waals surface area contributed by atoms with E-state index in [1.54, 1.807) is 31.2 Å². The van der Waals surface area contributed by atoms with Crippen molar-refractivity contribution in [2.24, 2.45) is 0 Å². The Labute approximate surface area is 115 Å². The zero-order valence-electron chi connectivity index (χ0n) is 11.1. The number of aryl methyl sites for hydroxylation is 1. The summed E-state index contributed by atoms with van der Waals surface area (Å²) in [4.78, 5) is 14.5. The maximum absolute atomic E-state index is 11.0. The molecule has 104 valence electrons. The van der Waals surface area contributed by atoms with E-state index in [0.29, 0.717) is 5.56 Å². The third-order valence-corrected chi connectivity index (χ3v) is 2.77. The highest BCUT2D eigenvalue weighted by molar-refractivity contribution is 5.50. The third-order valence-electron chi connectivity index (χ3n) is 2.77. The maximum Gasteiger partial charge on any atom is 0.311 e. The van der Waals surface area contributed by atoms with Gasteiger partial charge in [-0.3, -0.25) is 10.1 Å². The molecule has 6 heteroatoms. The van der Waals surface area contributed by atoms with Gasteiger partial charge in [0.25, 0.3) is 0 Å². The van der Waals surface area contributed by atoms with Crippen molar-refractivity contribution in [3.8, 4) is 11.6 Å². The van der Waals surface area contributed by atoms with Crippen molar-refractivity contribution in [2.75, 3.05) is 0 Å². The van der Waals surface area contributed by atoms with Crippen LogP contribution in [0.2, 0.25) is 0 Å². The molecule has 1 atom stereocenters. The van der Waals surface area contributed by atoms with Crippen LogP contribution in [0, 0.1) is 17.0 Å². The molecule has 0 fully saturated rings. The van der Waals surface area contributed by atoms with Crippen LogP contribution >= 0.6 is 0 Å². The van der Waals surface area contributed by atoms with E-state index in [9.17, 15) is 15.2 Å². The fourth-order valence-corrected chi connectivity index (χ4v) is 1.76. The second-order valence-corrected chi connectivity index (χ2v) is 4.40. The number of nitrogens with zero attached hydrogens (tertiary/aromatic N) is 2. The van der Waals surface area contributed by atoms with Crippen LogP contribution in [0.1, 0.15) is 24.2 Å². The van der Waals surface area contributed by atoms with Gasteiger partial charge in [-0.1, -0.05) is 6.07 Å². The van der Waals surface area contributed by atoms with Crippen LogP contribution in [-0.4, -0.2) is 15.0 Å². The molecule has 1 heterocycles. The summed E-state index contributed by atoms with van der Waals surface area (Å²) in [7, 11) is 0. The number of nitro benzene ring substituents is 1. The lowest BCUT2D eigenvalue weighted by Gasteiger charge is -2.12. The Morgan fingerprint density at radius 3 is 2.80 bits per heavy atom. The molecule has 0 amide bonds. The Morgan fingerprint density at radius 1 is 1.40 bits per heavy atom. The summed E-state index contributed by atoms with van der Waals surface area (Å²) in [6.45, 7) is 3.39. The molecule has 0 radical (unpaired) electrons. The highest BCUT2D eigenvalue weighted by Gasteiger charge is 2.18. The van der Waals surface area contributed by atoms with Crippen molar-refractivity contribution >= 4 is 5.69 Å². The van der Waals surface area contributed by atoms with Crippen molar-refractivity contribution in [1.29, 1.82) is 0 Å².